The third-order valence-corrected chi connectivity index (χ3v) is 4.31. The number of benzene rings is 2. The van der Waals surface area contributed by atoms with Crippen molar-refractivity contribution in [2.24, 2.45) is 0 Å². The van der Waals surface area contributed by atoms with Crippen LogP contribution in [0.15, 0.2) is 60.7 Å². The normalized spacial score (nSPS) is 12.7. The van der Waals surface area contributed by atoms with E-state index in [2.05, 4.69) is 5.32 Å². The molecule has 0 saturated carbocycles. The molecule has 0 fully saturated rings. The Morgan fingerprint density at radius 2 is 1.56 bits per heavy atom. The van der Waals surface area contributed by atoms with E-state index in [0.29, 0.717) is 6.42 Å². The Kier molecular flexibility index (Phi) is 7.74. The van der Waals surface area contributed by atoms with Crippen LogP contribution in [-0.2, 0) is 25.5 Å². The molecule has 0 aliphatic rings. The first kappa shape index (κ1) is 20.4. The predicted molar refractivity (Wildman–Crippen MR) is 103 cm³/mol. The van der Waals surface area contributed by atoms with Crippen LogP contribution in [0.5, 0.6) is 0 Å². The highest BCUT2D eigenvalue weighted by atomic mass is 16.5. The number of ether oxygens (including phenoxy) is 1. The smallest absolute Gasteiger partial charge is 0.306 e. The molecule has 0 aliphatic carbocycles. The Balaban J connectivity index is 1.79. The van der Waals surface area contributed by atoms with E-state index in [-0.39, 0.29) is 24.7 Å². The third kappa shape index (κ3) is 7.05. The van der Waals surface area contributed by atoms with E-state index >= 15 is 0 Å². The summed E-state index contributed by atoms with van der Waals surface area (Å²) in [4.78, 5) is 35.8. The van der Waals surface area contributed by atoms with Crippen LogP contribution < -0.4 is 5.32 Å². The summed E-state index contributed by atoms with van der Waals surface area (Å²) < 4.78 is 5.06. The lowest BCUT2D eigenvalue weighted by Gasteiger charge is -2.16. The summed E-state index contributed by atoms with van der Waals surface area (Å²) in [6.07, 6.45) is 0.596. The number of rotatable bonds is 9. The quantitative estimate of drug-likeness (QED) is 0.692. The number of carbonyl (C=O) groups excluding carboxylic acids is 3. The van der Waals surface area contributed by atoms with E-state index in [4.69, 9.17) is 4.74 Å². The molecule has 2 aromatic carbocycles. The molecule has 0 heterocycles. The number of esters is 1. The van der Waals surface area contributed by atoms with Gasteiger partial charge in [-0.2, -0.15) is 0 Å². The van der Waals surface area contributed by atoms with Crippen molar-refractivity contribution in [3.05, 3.63) is 71.8 Å². The molecule has 0 radical (unpaired) electrons. The zero-order valence-corrected chi connectivity index (χ0v) is 15.7. The van der Waals surface area contributed by atoms with Gasteiger partial charge in [-0.1, -0.05) is 67.6 Å². The van der Waals surface area contributed by atoms with Crippen molar-refractivity contribution in [3.8, 4) is 0 Å². The molecule has 142 valence electrons. The molecule has 2 atom stereocenters. The average Bonchev–Trinajstić information content (AvgIpc) is 2.67. The van der Waals surface area contributed by atoms with Crippen LogP contribution in [0.3, 0.4) is 0 Å². The number of nitrogens with one attached hydrogen (secondary N) is 1. The lowest BCUT2D eigenvalue weighted by Crippen LogP contribution is -2.43. The topological polar surface area (TPSA) is 72.5 Å². The highest BCUT2D eigenvalue weighted by Gasteiger charge is 2.19. The van der Waals surface area contributed by atoms with E-state index in [0.717, 1.165) is 11.1 Å². The van der Waals surface area contributed by atoms with Crippen molar-refractivity contribution in [3.63, 3.8) is 0 Å². The predicted octanol–water partition coefficient (Wildman–Crippen LogP) is 3.04. The zero-order chi connectivity index (χ0) is 19.6. The fourth-order valence-corrected chi connectivity index (χ4v) is 2.74. The van der Waals surface area contributed by atoms with Gasteiger partial charge in [-0.3, -0.25) is 14.4 Å². The molecular formula is C22H25NO4. The molecule has 2 aromatic rings. The zero-order valence-electron chi connectivity index (χ0n) is 15.7. The van der Waals surface area contributed by atoms with Gasteiger partial charge in [0.1, 0.15) is 0 Å². The molecule has 5 nitrogen and oxygen atoms in total. The van der Waals surface area contributed by atoms with Crippen LogP contribution >= 0.6 is 0 Å². The summed E-state index contributed by atoms with van der Waals surface area (Å²) in [6.45, 7) is 2.97. The molecule has 27 heavy (non-hydrogen) atoms. The van der Waals surface area contributed by atoms with Gasteiger partial charge in [0.05, 0.1) is 12.5 Å². The second-order valence-electron chi connectivity index (χ2n) is 6.60. The minimum atomic E-state index is -0.637. The molecule has 0 spiro atoms. The number of ketones is 1. The second kappa shape index (κ2) is 10.3. The summed E-state index contributed by atoms with van der Waals surface area (Å²) in [7, 11) is 0. The molecule has 0 saturated heterocycles. The van der Waals surface area contributed by atoms with Crippen LogP contribution in [0.1, 0.15) is 37.3 Å². The molecule has 1 amide bonds. The molecule has 1 N–H and O–H groups in total. The molecule has 0 bridgehead atoms. The molecule has 0 unspecified atom stereocenters. The minimum absolute atomic E-state index is 0.00445. The van der Waals surface area contributed by atoms with Gasteiger partial charge >= 0.3 is 5.97 Å². The number of carbonyl (C=O) groups is 3. The molecular weight excluding hydrogens is 342 g/mol. The Bertz CT molecular complexity index is 758. The van der Waals surface area contributed by atoms with Crippen molar-refractivity contribution in [2.45, 2.75) is 38.6 Å². The van der Waals surface area contributed by atoms with Gasteiger partial charge in [0.15, 0.2) is 12.4 Å². The molecule has 5 heteroatoms. The average molecular weight is 367 g/mol. The Morgan fingerprint density at radius 3 is 2.15 bits per heavy atom. The van der Waals surface area contributed by atoms with Crippen LogP contribution in [0.25, 0.3) is 0 Å². The van der Waals surface area contributed by atoms with Crippen molar-refractivity contribution >= 4 is 17.7 Å². The van der Waals surface area contributed by atoms with Crippen molar-refractivity contribution in [1.29, 1.82) is 0 Å². The SMILES string of the molecule is CC(=O)[C@@H](Cc1ccccc1)NC(=O)COC(=O)C[C@H](C)c1ccccc1. The van der Waals surface area contributed by atoms with Gasteiger partial charge in [-0.25, -0.2) is 0 Å². The summed E-state index contributed by atoms with van der Waals surface area (Å²) >= 11 is 0. The van der Waals surface area contributed by atoms with E-state index in [9.17, 15) is 14.4 Å². The first-order chi connectivity index (χ1) is 13.0. The largest absolute Gasteiger partial charge is 0.456 e. The van der Waals surface area contributed by atoms with E-state index < -0.39 is 17.9 Å². The maximum Gasteiger partial charge on any atom is 0.306 e. The number of Topliss-reactive ketones (excluding diaryl/α,β-unsaturated/α-hetero) is 1. The Hall–Kier alpha value is -2.95. The van der Waals surface area contributed by atoms with Crippen molar-refractivity contribution in [2.75, 3.05) is 6.61 Å². The summed E-state index contributed by atoms with van der Waals surface area (Å²) in [5.41, 5.74) is 1.99. The third-order valence-electron chi connectivity index (χ3n) is 4.31. The molecule has 0 aliphatic heterocycles. The van der Waals surface area contributed by atoms with Crippen molar-refractivity contribution < 1.29 is 19.1 Å². The van der Waals surface area contributed by atoms with Gasteiger partial charge in [-0.15, -0.1) is 0 Å². The maximum atomic E-state index is 12.1. The highest BCUT2D eigenvalue weighted by molar-refractivity contribution is 5.88. The first-order valence-electron chi connectivity index (χ1n) is 9.00. The lowest BCUT2D eigenvalue weighted by molar-refractivity contribution is -0.149. The molecule has 2 rings (SSSR count). The number of hydrogen-bond donors (Lipinski definition) is 1. The fraction of sp³-hybridized carbons (Fsp3) is 0.318. The monoisotopic (exact) mass is 367 g/mol. The summed E-state index contributed by atoms with van der Waals surface area (Å²) in [6, 6.07) is 18.5. The molecule has 0 aromatic heterocycles. The van der Waals surface area contributed by atoms with Gasteiger partial charge in [0.25, 0.3) is 5.91 Å². The van der Waals surface area contributed by atoms with Crippen LogP contribution in [-0.4, -0.2) is 30.3 Å². The second-order valence-corrected chi connectivity index (χ2v) is 6.60. The Labute approximate surface area is 159 Å². The summed E-state index contributed by atoms with van der Waals surface area (Å²) in [5.74, 6) is -1.06. The maximum absolute atomic E-state index is 12.1. The van der Waals surface area contributed by atoms with Crippen molar-refractivity contribution in [1.82, 2.24) is 5.32 Å². The van der Waals surface area contributed by atoms with Crippen LogP contribution in [0.4, 0.5) is 0 Å². The van der Waals surface area contributed by atoms with Gasteiger partial charge in [0, 0.05) is 0 Å². The fourth-order valence-electron chi connectivity index (χ4n) is 2.74. The van der Waals surface area contributed by atoms with E-state index in [1.807, 2.05) is 67.6 Å². The number of hydrogen-bond acceptors (Lipinski definition) is 4. The van der Waals surface area contributed by atoms with Crippen LogP contribution in [0, 0.1) is 0 Å². The number of amides is 1. The highest BCUT2D eigenvalue weighted by Crippen LogP contribution is 2.18. The Morgan fingerprint density at radius 1 is 0.963 bits per heavy atom. The van der Waals surface area contributed by atoms with E-state index in [1.165, 1.54) is 6.92 Å². The minimum Gasteiger partial charge on any atom is -0.456 e. The summed E-state index contributed by atoms with van der Waals surface area (Å²) in [5, 5.41) is 2.64. The van der Waals surface area contributed by atoms with Gasteiger partial charge in [-0.05, 0) is 30.4 Å². The van der Waals surface area contributed by atoms with Gasteiger partial charge < -0.3 is 10.1 Å². The van der Waals surface area contributed by atoms with Crippen LogP contribution in [0.2, 0.25) is 0 Å². The van der Waals surface area contributed by atoms with Gasteiger partial charge in [0.2, 0.25) is 0 Å². The lowest BCUT2D eigenvalue weighted by atomic mass is 9.98. The van der Waals surface area contributed by atoms with E-state index in [1.54, 1.807) is 0 Å². The first-order valence-corrected chi connectivity index (χ1v) is 9.00. The standard InChI is InChI=1S/C22H25NO4/c1-16(19-11-7-4-8-12-19)13-22(26)27-15-21(25)23-20(17(2)24)14-18-9-5-3-6-10-18/h3-12,16,20H,13-15H2,1-2H3,(H,23,25)/t16-,20+/m0/s1.